The zero-order valence-electron chi connectivity index (χ0n) is 12.9. The van der Waals surface area contributed by atoms with E-state index in [1.165, 1.54) is 12.1 Å². The van der Waals surface area contributed by atoms with Crippen molar-refractivity contribution in [2.45, 2.75) is 39.2 Å². The Kier molecular flexibility index (Phi) is 4.90. The molecule has 1 aromatic carbocycles. The van der Waals surface area contributed by atoms with Crippen LogP contribution >= 0.6 is 0 Å². The molecule has 2 rings (SSSR count). The largest absolute Gasteiger partial charge is 0.416 e. The van der Waals surface area contributed by atoms with Crippen LogP contribution in [0, 0.1) is 0 Å². The summed E-state index contributed by atoms with van der Waals surface area (Å²) in [5, 5.41) is 0. The van der Waals surface area contributed by atoms with Gasteiger partial charge in [-0.2, -0.15) is 13.2 Å². The monoisotopic (exact) mass is 311 g/mol. The number of hydrogen-bond acceptors (Lipinski definition) is 2. The minimum Gasteiger partial charge on any atom is -0.331 e. The third-order valence-corrected chi connectivity index (χ3v) is 3.45. The number of rotatable bonds is 5. The van der Waals surface area contributed by atoms with Gasteiger partial charge in [0, 0.05) is 25.0 Å². The molecule has 0 unspecified atom stereocenters. The lowest BCUT2D eigenvalue weighted by Crippen LogP contribution is -2.20. The third-order valence-electron chi connectivity index (χ3n) is 3.45. The van der Waals surface area contributed by atoms with Gasteiger partial charge in [0.25, 0.3) is 0 Å². The zero-order chi connectivity index (χ0) is 16.3. The van der Waals surface area contributed by atoms with E-state index in [4.69, 9.17) is 0 Å². The summed E-state index contributed by atoms with van der Waals surface area (Å²) in [5.74, 6) is 0.949. The van der Waals surface area contributed by atoms with Gasteiger partial charge >= 0.3 is 6.18 Å². The van der Waals surface area contributed by atoms with Crippen LogP contribution < -0.4 is 0 Å². The average Bonchev–Trinajstić information content (AvgIpc) is 2.86. The summed E-state index contributed by atoms with van der Waals surface area (Å²) < 4.78 is 39.7. The first-order valence-corrected chi connectivity index (χ1v) is 7.13. The molecular weight excluding hydrogens is 291 g/mol. The van der Waals surface area contributed by atoms with Crippen molar-refractivity contribution in [3.05, 3.63) is 53.6 Å². The van der Waals surface area contributed by atoms with Gasteiger partial charge < -0.3 is 4.57 Å². The molecule has 0 radical (unpaired) electrons. The second-order valence-corrected chi connectivity index (χ2v) is 5.71. The molecule has 22 heavy (non-hydrogen) atoms. The van der Waals surface area contributed by atoms with Gasteiger partial charge in [0.15, 0.2) is 0 Å². The topological polar surface area (TPSA) is 21.1 Å². The highest BCUT2D eigenvalue weighted by Crippen LogP contribution is 2.29. The number of benzene rings is 1. The Hall–Kier alpha value is -1.82. The molecular formula is C16H20F3N3. The van der Waals surface area contributed by atoms with Crippen LogP contribution in [0.2, 0.25) is 0 Å². The van der Waals surface area contributed by atoms with Crippen LogP contribution in [0.25, 0.3) is 0 Å². The van der Waals surface area contributed by atoms with Gasteiger partial charge in [-0.05, 0) is 38.6 Å². The third kappa shape index (κ3) is 4.10. The summed E-state index contributed by atoms with van der Waals surface area (Å²) in [6.07, 6.45) is -0.584. The van der Waals surface area contributed by atoms with Gasteiger partial charge in [0.2, 0.25) is 0 Å². The highest BCUT2D eigenvalue weighted by atomic mass is 19.4. The fourth-order valence-corrected chi connectivity index (χ4v) is 2.34. The van der Waals surface area contributed by atoms with Gasteiger partial charge in [0.1, 0.15) is 5.82 Å². The maximum absolute atomic E-state index is 12.5. The van der Waals surface area contributed by atoms with Crippen LogP contribution in [-0.2, 0) is 19.3 Å². The predicted octanol–water partition coefficient (Wildman–Crippen LogP) is 4.11. The fraction of sp³-hybridized carbons (Fsp3) is 0.438. The molecule has 0 saturated heterocycles. The molecule has 0 aliphatic carbocycles. The molecule has 0 aliphatic rings. The number of halogens is 3. The summed E-state index contributed by atoms with van der Waals surface area (Å²) in [4.78, 5) is 6.37. The zero-order valence-corrected chi connectivity index (χ0v) is 12.9. The van der Waals surface area contributed by atoms with Crippen LogP contribution in [-0.4, -0.2) is 21.5 Å². The van der Waals surface area contributed by atoms with E-state index >= 15 is 0 Å². The maximum Gasteiger partial charge on any atom is 0.416 e. The molecule has 0 spiro atoms. The number of alkyl halides is 3. The average molecular weight is 311 g/mol. The molecule has 1 aromatic heterocycles. The molecule has 0 bridgehead atoms. The standard InChI is InChI=1S/C16H20F3N3/c1-12(2)22-9-8-20-15(22)11-21(3)10-13-4-6-14(7-5-13)16(17,18)19/h4-9,12H,10-11H2,1-3H3. The van der Waals surface area contributed by atoms with E-state index in [1.54, 1.807) is 6.20 Å². The lowest BCUT2D eigenvalue weighted by atomic mass is 10.1. The summed E-state index contributed by atoms with van der Waals surface area (Å²) in [5.41, 5.74) is 0.229. The minimum atomic E-state index is -4.29. The molecule has 0 atom stereocenters. The van der Waals surface area contributed by atoms with Crippen molar-refractivity contribution in [3.63, 3.8) is 0 Å². The SMILES string of the molecule is CC(C)n1ccnc1CN(C)Cc1ccc(C(F)(F)F)cc1. The summed E-state index contributed by atoms with van der Waals surface area (Å²) >= 11 is 0. The molecule has 3 nitrogen and oxygen atoms in total. The van der Waals surface area contributed by atoms with Crippen LogP contribution in [0.4, 0.5) is 13.2 Å². The lowest BCUT2D eigenvalue weighted by molar-refractivity contribution is -0.137. The molecule has 0 amide bonds. The molecule has 6 heteroatoms. The van der Waals surface area contributed by atoms with Gasteiger partial charge in [-0.25, -0.2) is 4.98 Å². The van der Waals surface area contributed by atoms with E-state index in [9.17, 15) is 13.2 Å². The molecule has 0 N–H and O–H groups in total. The van der Waals surface area contributed by atoms with E-state index in [-0.39, 0.29) is 0 Å². The van der Waals surface area contributed by atoms with Crippen LogP contribution in [0.3, 0.4) is 0 Å². The smallest absolute Gasteiger partial charge is 0.331 e. The second-order valence-electron chi connectivity index (χ2n) is 5.71. The Morgan fingerprint density at radius 2 is 1.77 bits per heavy atom. The van der Waals surface area contributed by atoms with E-state index in [2.05, 4.69) is 23.4 Å². The van der Waals surface area contributed by atoms with Crippen LogP contribution in [0.5, 0.6) is 0 Å². The molecule has 1 heterocycles. The normalized spacial score (nSPS) is 12.4. The van der Waals surface area contributed by atoms with Gasteiger partial charge in [-0.3, -0.25) is 4.90 Å². The quantitative estimate of drug-likeness (QED) is 0.828. The number of nitrogens with zero attached hydrogens (tertiary/aromatic N) is 3. The molecule has 120 valence electrons. The van der Waals surface area contributed by atoms with Gasteiger partial charge in [0.05, 0.1) is 12.1 Å². The minimum absolute atomic E-state index is 0.331. The van der Waals surface area contributed by atoms with Crippen molar-refractivity contribution in [1.82, 2.24) is 14.5 Å². The Morgan fingerprint density at radius 1 is 1.14 bits per heavy atom. The van der Waals surface area contributed by atoms with Crippen molar-refractivity contribution in [3.8, 4) is 0 Å². The summed E-state index contributed by atoms with van der Waals surface area (Å²) in [6.45, 7) is 5.39. The highest BCUT2D eigenvalue weighted by molar-refractivity contribution is 5.24. The van der Waals surface area contributed by atoms with Crippen molar-refractivity contribution < 1.29 is 13.2 Å². The maximum atomic E-state index is 12.5. The van der Waals surface area contributed by atoms with Crippen molar-refractivity contribution in [1.29, 1.82) is 0 Å². The highest BCUT2D eigenvalue weighted by Gasteiger charge is 2.29. The van der Waals surface area contributed by atoms with Crippen molar-refractivity contribution >= 4 is 0 Å². The van der Waals surface area contributed by atoms with E-state index in [1.807, 2.05) is 18.1 Å². The molecule has 0 saturated carbocycles. The lowest BCUT2D eigenvalue weighted by Gasteiger charge is -2.19. The number of aromatic nitrogens is 2. The van der Waals surface area contributed by atoms with E-state index in [0.717, 1.165) is 23.5 Å². The van der Waals surface area contributed by atoms with Gasteiger partial charge in [-0.1, -0.05) is 12.1 Å². The Balaban J connectivity index is 2.00. The molecule has 2 aromatic rings. The fourth-order valence-electron chi connectivity index (χ4n) is 2.34. The Labute approximate surface area is 128 Å². The van der Waals surface area contributed by atoms with Crippen LogP contribution in [0.1, 0.15) is 36.8 Å². The Morgan fingerprint density at radius 3 is 2.32 bits per heavy atom. The first kappa shape index (κ1) is 16.5. The molecule has 0 aliphatic heterocycles. The second kappa shape index (κ2) is 6.52. The first-order chi connectivity index (χ1) is 10.3. The van der Waals surface area contributed by atoms with E-state index in [0.29, 0.717) is 19.1 Å². The van der Waals surface area contributed by atoms with E-state index < -0.39 is 11.7 Å². The Bertz CT molecular complexity index is 600. The van der Waals surface area contributed by atoms with Crippen molar-refractivity contribution in [2.75, 3.05) is 7.05 Å². The summed E-state index contributed by atoms with van der Waals surface area (Å²) in [7, 11) is 1.93. The molecule has 0 fully saturated rings. The van der Waals surface area contributed by atoms with Gasteiger partial charge in [-0.15, -0.1) is 0 Å². The summed E-state index contributed by atoms with van der Waals surface area (Å²) in [6, 6.07) is 5.62. The number of imidazole rings is 1. The van der Waals surface area contributed by atoms with Crippen LogP contribution in [0.15, 0.2) is 36.7 Å². The predicted molar refractivity (Wildman–Crippen MR) is 79.2 cm³/mol. The first-order valence-electron chi connectivity index (χ1n) is 7.13. The number of hydrogen-bond donors (Lipinski definition) is 0. The van der Waals surface area contributed by atoms with Crippen molar-refractivity contribution in [2.24, 2.45) is 0 Å².